The number of fused-ring (bicyclic) bond motifs is 1. The lowest BCUT2D eigenvalue weighted by atomic mass is 9.94. The van der Waals surface area contributed by atoms with Crippen LogP contribution in [-0.2, 0) is 6.54 Å². The third-order valence-corrected chi connectivity index (χ3v) is 4.58. The minimum Gasteiger partial charge on any atom is -0.348 e. The molecule has 3 aromatic rings. The number of benzene rings is 3. The highest BCUT2D eigenvalue weighted by Gasteiger charge is 2.26. The van der Waals surface area contributed by atoms with Crippen molar-refractivity contribution in [3.63, 3.8) is 0 Å². The average molecular weight is 342 g/mol. The molecule has 0 fully saturated rings. The zero-order valence-electron chi connectivity index (χ0n) is 14.4. The van der Waals surface area contributed by atoms with E-state index in [4.69, 9.17) is 0 Å². The molecule has 2 amide bonds. The Balaban J connectivity index is 1.75. The zero-order chi connectivity index (χ0) is 18.1. The van der Waals surface area contributed by atoms with Crippen LogP contribution < -0.4 is 10.6 Å². The van der Waals surface area contributed by atoms with E-state index in [1.165, 1.54) is 0 Å². The third kappa shape index (κ3) is 2.86. The van der Waals surface area contributed by atoms with Gasteiger partial charge in [0.05, 0.1) is 11.3 Å². The molecule has 0 saturated heterocycles. The third-order valence-electron chi connectivity index (χ3n) is 4.58. The molecular weight excluding hydrogens is 324 g/mol. The van der Waals surface area contributed by atoms with Crippen molar-refractivity contribution in [2.45, 2.75) is 13.5 Å². The van der Waals surface area contributed by atoms with Gasteiger partial charge in [-0.25, -0.2) is 0 Å². The highest BCUT2D eigenvalue weighted by Crippen LogP contribution is 2.34. The van der Waals surface area contributed by atoms with E-state index < -0.39 is 0 Å². The molecule has 0 aromatic heterocycles. The van der Waals surface area contributed by atoms with Crippen LogP contribution in [0, 0.1) is 6.92 Å². The van der Waals surface area contributed by atoms with Crippen molar-refractivity contribution in [2.75, 3.05) is 5.32 Å². The molecular formula is C22H18N2O2. The first-order valence-corrected chi connectivity index (χ1v) is 8.51. The molecule has 3 aromatic carbocycles. The van der Waals surface area contributed by atoms with Gasteiger partial charge in [-0.1, -0.05) is 54.1 Å². The Kier molecular flexibility index (Phi) is 4.01. The summed E-state index contributed by atoms with van der Waals surface area (Å²) in [4.78, 5) is 24.9. The highest BCUT2D eigenvalue weighted by atomic mass is 16.2. The van der Waals surface area contributed by atoms with Crippen molar-refractivity contribution in [1.82, 2.24) is 5.32 Å². The van der Waals surface area contributed by atoms with Crippen LogP contribution >= 0.6 is 0 Å². The summed E-state index contributed by atoms with van der Waals surface area (Å²) in [5, 5.41) is 5.75. The van der Waals surface area contributed by atoms with Gasteiger partial charge in [0, 0.05) is 12.1 Å². The van der Waals surface area contributed by atoms with Crippen molar-refractivity contribution in [2.24, 2.45) is 0 Å². The summed E-state index contributed by atoms with van der Waals surface area (Å²) in [5.41, 5.74) is 5.82. The van der Waals surface area contributed by atoms with Crippen LogP contribution in [0.5, 0.6) is 0 Å². The number of carbonyl (C=O) groups is 2. The topological polar surface area (TPSA) is 58.2 Å². The molecule has 4 nitrogen and oxygen atoms in total. The van der Waals surface area contributed by atoms with Gasteiger partial charge in [-0.2, -0.15) is 0 Å². The van der Waals surface area contributed by atoms with Gasteiger partial charge in [0.1, 0.15) is 0 Å². The first-order chi connectivity index (χ1) is 12.6. The Hall–Kier alpha value is -3.40. The van der Waals surface area contributed by atoms with Crippen LogP contribution in [0.3, 0.4) is 0 Å². The number of aryl methyl sites for hydroxylation is 1. The number of anilines is 1. The zero-order valence-corrected chi connectivity index (χ0v) is 14.4. The number of hydrogen-bond donors (Lipinski definition) is 2. The molecule has 0 saturated carbocycles. The molecule has 4 heteroatoms. The molecule has 1 aliphatic heterocycles. The normalized spacial score (nSPS) is 12.4. The molecule has 0 atom stereocenters. The van der Waals surface area contributed by atoms with E-state index in [-0.39, 0.29) is 11.8 Å². The molecule has 0 spiro atoms. The van der Waals surface area contributed by atoms with Crippen LogP contribution in [0.4, 0.5) is 5.69 Å². The highest BCUT2D eigenvalue weighted by molar-refractivity contribution is 6.11. The Morgan fingerprint density at radius 2 is 1.81 bits per heavy atom. The maximum absolute atomic E-state index is 12.5. The summed E-state index contributed by atoms with van der Waals surface area (Å²) < 4.78 is 0. The standard InChI is InChI=1S/C22H18N2O2/c1-14-6-5-9-16(12-14)17-10-11-19(20-18(17)13-23-22(20)26)24-21(25)15-7-3-2-4-8-15/h2-12H,13H2,1H3,(H,23,26)(H,24,25). The summed E-state index contributed by atoms with van der Waals surface area (Å²) in [5.74, 6) is -0.381. The molecule has 0 aliphatic carbocycles. The number of amides is 2. The molecule has 128 valence electrons. The van der Waals surface area contributed by atoms with Crippen LogP contribution in [0.2, 0.25) is 0 Å². The summed E-state index contributed by atoms with van der Waals surface area (Å²) in [6.07, 6.45) is 0. The number of rotatable bonds is 3. The maximum atomic E-state index is 12.5. The number of carbonyl (C=O) groups excluding carboxylic acids is 2. The van der Waals surface area contributed by atoms with Gasteiger partial charge in [-0.15, -0.1) is 0 Å². The first-order valence-electron chi connectivity index (χ1n) is 8.51. The lowest BCUT2D eigenvalue weighted by molar-refractivity contribution is 0.0966. The van der Waals surface area contributed by atoms with Crippen molar-refractivity contribution >= 4 is 17.5 Å². The fraction of sp³-hybridized carbons (Fsp3) is 0.0909. The second-order valence-electron chi connectivity index (χ2n) is 6.39. The van der Waals surface area contributed by atoms with E-state index in [1.807, 2.05) is 55.5 Å². The van der Waals surface area contributed by atoms with E-state index in [9.17, 15) is 9.59 Å². The average Bonchev–Trinajstić information content (AvgIpc) is 3.05. The van der Waals surface area contributed by atoms with Crippen molar-refractivity contribution in [3.05, 3.63) is 89.0 Å². The van der Waals surface area contributed by atoms with E-state index in [1.54, 1.807) is 12.1 Å². The SMILES string of the molecule is Cc1cccc(-c2ccc(NC(=O)c3ccccc3)c3c2CNC3=O)c1. The molecule has 26 heavy (non-hydrogen) atoms. The van der Waals surface area contributed by atoms with E-state index >= 15 is 0 Å². The van der Waals surface area contributed by atoms with Gasteiger partial charge in [0.25, 0.3) is 11.8 Å². The predicted octanol–water partition coefficient (Wildman–Crippen LogP) is 4.16. The fourth-order valence-corrected chi connectivity index (χ4v) is 3.32. The number of hydrogen-bond acceptors (Lipinski definition) is 2. The van der Waals surface area contributed by atoms with Gasteiger partial charge in [-0.05, 0) is 41.8 Å². The molecule has 1 aliphatic rings. The minimum atomic E-state index is -0.226. The van der Waals surface area contributed by atoms with Crippen LogP contribution in [0.15, 0.2) is 66.7 Å². The molecule has 0 bridgehead atoms. The van der Waals surface area contributed by atoms with Crippen LogP contribution in [0.25, 0.3) is 11.1 Å². The fourth-order valence-electron chi connectivity index (χ4n) is 3.32. The lowest BCUT2D eigenvalue weighted by Gasteiger charge is -2.13. The quantitative estimate of drug-likeness (QED) is 0.751. The Morgan fingerprint density at radius 1 is 1.00 bits per heavy atom. The first kappa shape index (κ1) is 16.1. The van der Waals surface area contributed by atoms with Gasteiger partial charge < -0.3 is 10.6 Å². The van der Waals surface area contributed by atoms with Crippen LogP contribution in [0.1, 0.15) is 31.8 Å². The van der Waals surface area contributed by atoms with Gasteiger partial charge in [0.2, 0.25) is 0 Å². The Bertz CT molecular complexity index is 1010. The summed E-state index contributed by atoms with van der Waals surface area (Å²) in [6.45, 7) is 2.51. The lowest BCUT2D eigenvalue weighted by Crippen LogP contribution is -2.17. The van der Waals surface area contributed by atoms with E-state index in [0.717, 1.165) is 22.3 Å². The maximum Gasteiger partial charge on any atom is 0.255 e. The molecule has 1 heterocycles. The predicted molar refractivity (Wildman–Crippen MR) is 102 cm³/mol. The van der Waals surface area contributed by atoms with Gasteiger partial charge in [0.15, 0.2) is 0 Å². The van der Waals surface area contributed by atoms with Crippen molar-refractivity contribution in [1.29, 1.82) is 0 Å². The van der Waals surface area contributed by atoms with Crippen molar-refractivity contribution in [3.8, 4) is 11.1 Å². The van der Waals surface area contributed by atoms with E-state index in [0.29, 0.717) is 23.4 Å². The largest absolute Gasteiger partial charge is 0.348 e. The van der Waals surface area contributed by atoms with Crippen LogP contribution in [-0.4, -0.2) is 11.8 Å². The molecule has 2 N–H and O–H groups in total. The second kappa shape index (κ2) is 6.48. The van der Waals surface area contributed by atoms with Crippen molar-refractivity contribution < 1.29 is 9.59 Å². The monoisotopic (exact) mass is 342 g/mol. The Labute approximate surface area is 151 Å². The van der Waals surface area contributed by atoms with Gasteiger partial charge in [-0.3, -0.25) is 9.59 Å². The van der Waals surface area contributed by atoms with E-state index in [2.05, 4.69) is 16.7 Å². The van der Waals surface area contributed by atoms with Gasteiger partial charge >= 0.3 is 0 Å². The second-order valence-corrected chi connectivity index (χ2v) is 6.39. The summed E-state index contributed by atoms with van der Waals surface area (Å²) in [7, 11) is 0. The summed E-state index contributed by atoms with van der Waals surface area (Å²) in [6, 6.07) is 20.9. The molecule has 0 unspecified atom stereocenters. The summed E-state index contributed by atoms with van der Waals surface area (Å²) >= 11 is 0. The smallest absolute Gasteiger partial charge is 0.255 e. The molecule has 0 radical (unpaired) electrons. The minimum absolute atomic E-state index is 0.155. The molecule has 4 rings (SSSR count). The number of nitrogens with one attached hydrogen (secondary N) is 2. The Morgan fingerprint density at radius 3 is 2.58 bits per heavy atom.